The Bertz CT molecular complexity index is 1030. The lowest BCUT2D eigenvalue weighted by Gasteiger charge is -2.31. The van der Waals surface area contributed by atoms with E-state index >= 15 is 0 Å². The fourth-order valence-corrected chi connectivity index (χ4v) is 4.41. The molecular formula is C22H28ClN3O4S. The number of carbonyl (C=O) groups is 2. The van der Waals surface area contributed by atoms with Crippen molar-refractivity contribution in [3.63, 3.8) is 0 Å². The number of carbonyl (C=O) groups excluding carboxylic acids is 2. The van der Waals surface area contributed by atoms with Crippen molar-refractivity contribution in [2.75, 3.05) is 30.7 Å². The molecule has 0 aromatic heterocycles. The van der Waals surface area contributed by atoms with Crippen molar-refractivity contribution in [3.8, 4) is 0 Å². The van der Waals surface area contributed by atoms with Crippen molar-refractivity contribution in [1.82, 2.24) is 10.2 Å². The zero-order chi connectivity index (χ0) is 23.2. The highest BCUT2D eigenvalue weighted by atomic mass is 35.5. The SMILES string of the molecule is CNC(=O)C(C)N(CCc1ccccc1)C(=O)CN(c1ccc(Cl)cc1C)S(C)(=O)=O. The Balaban J connectivity index is 2.32. The van der Waals surface area contributed by atoms with E-state index in [2.05, 4.69) is 5.32 Å². The minimum absolute atomic E-state index is 0.272. The average Bonchev–Trinajstić information content (AvgIpc) is 2.72. The van der Waals surface area contributed by atoms with Gasteiger partial charge in [0.15, 0.2) is 0 Å². The largest absolute Gasteiger partial charge is 0.357 e. The Labute approximate surface area is 189 Å². The Hall–Kier alpha value is -2.58. The lowest BCUT2D eigenvalue weighted by Crippen LogP contribution is -2.51. The van der Waals surface area contributed by atoms with Crippen LogP contribution in [0.25, 0.3) is 0 Å². The minimum atomic E-state index is -3.76. The number of likely N-dealkylation sites (N-methyl/N-ethyl adjacent to an activating group) is 1. The number of benzene rings is 2. The number of halogens is 1. The highest BCUT2D eigenvalue weighted by Crippen LogP contribution is 2.25. The van der Waals surface area contributed by atoms with Gasteiger partial charge in [0.25, 0.3) is 0 Å². The molecule has 0 heterocycles. The number of nitrogens with zero attached hydrogens (tertiary/aromatic N) is 2. The number of hydrogen-bond donors (Lipinski definition) is 1. The molecule has 1 unspecified atom stereocenters. The first kappa shape index (κ1) is 24.7. The van der Waals surface area contributed by atoms with E-state index < -0.39 is 28.5 Å². The van der Waals surface area contributed by atoms with Crippen LogP contribution in [0.3, 0.4) is 0 Å². The molecule has 0 aliphatic rings. The second kappa shape index (κ2) is 10.6. The first-order valence-electron chi connectivity index (χ1n) is 9.83. The van der Waals surface area contributed by atoms with Crippen LogP contribution in [0.2, 0.25) is 5.02 Å². The lowest BCUT2D eigenvalue weighted by molar-refractivity contribution is -0.138. The van der Waals surface area contributed by atoms with Crippen molar-refractivity contribution >= 4 is 39.1 Å². The van der Waals surface area contributed by atoms with Gasteiger partial charge in [-0.25, -0.2) is 8.42 Å². The van der Waals surface area contributed by atoms with E-state index in [9.17, 15) is 18.0 Å². The smallest absolute Gasteiger partial charge is 0.244 e. The van der Waals surface area contributed by atoms with E-state index in [1.807, 2.05) is 30.3 Å². The van der Waals surface area contributed by atoms with Gasteiger partial charge in [0, 0.05) is 18.6 Å². The zero-order valence-electron chi connectivity index (χ0n) is 18.1. The van der Waals surface area contributed by atoms with E-state index in [0.29, 0.717) is 22.7 Å². The van der Waals surface area contributed by atoms with Gasteiger partial charge in [0.05, 0.1) is 11.9 Å². The first-order valence-corrected chi connectivity index (χ1v) is 12.1. The molecule has 1 N–H and O–H groups in total. The van der Waals surface area contributed by atoms with Gasteiger partial charge in [-0.2, -0.15) is 0 Å². The molecule has 2 aromatic rings. The van der Waals surface area contributed by atoms with E-state index in [1.165, 1.54) is 11.9 Å². The maximum atomic E-state index is 13.2. The Morgan fingerprint density at radius 1 is 1.13 bits per heavy atom. The number of rotatable bonds is 9. The fraction of sp³-hybridized carbons (Fsp3) is 0.364. The van der Waals surface area contributed by atoms with Crippen molar-refractivity contribution in [2.45, 2.75) is 26.3 Å². The van der Waals surface area contributed by atoms with Crippen LogP contribution in [0.15, 0.2) is 48.5 Å². The predicted molar refractivity (Wildman–Crippen MR) is 124 cm³/mol. The second-order valence-electron chi connectivity index (χ2n) is 7.31. The van der Waals surface area contributed by atoms with Crippen LogP contribution in [0.1, 0.15) is 18.1 Å². The maximum Gasteiger partial charge on any atom is 0.244 e. The molecule has 9 heteroatoms. The summed E-state index contributed by atoms with van der Waals surface area (Å²) in [6.45, 7) is 3.20. The quantitative estimate of drug-likeness (QED) is 0.616. The summed E-state index contributed by atoms with van der Waals surface area (Å²) in [5.74, 6) is -0.790. The van der Waals surface area contributed by atoms with Crippen LogP contribution in [0.5, 0.6) is 0 Å². The summed E-state index contributed by atoms with van der Waals surface area (Å²) in [5.41, 5.74) is 2.01. The molecule has 2 amide bonds. The Kier molecular flexibility index (Phi) is 8.47. The number of anilines is 1. The monoisotopic (exact) mass is 465 g/mol. The van der Waals surface area contributed by atoms with Crippen molar-refractivity contribution in [3.05, 3.63) is 64.7 Å². The van der Waals surface area contributed by atoms with Gasteiger partial charge >= 0.3 is 0 Å². The number of aryl methyl sites for hydroxylation is 1. The normalized spacial score (nSPS) is 12.2. The first-order chi connectivity index (χ1) is 14.5. The van der Waals surface area contributed by atoms with Crippen LogP contribution in [0, 0.1) is 6.92 Å². The number of sulfonamides is 1. The minimum Gasteiger partial charge on any atom is -0.357 e. The molecule has 0 spiro atoms. The molecule has 168 valence electrons. The summed E-state index contributed by atoms with van der Waals surface area (Å²) in [6, 6.07) is 13.6. The summed E-state index contributed by atoms with van der Waals surface area (Å²) >= 11 is 6.00. The van der Waals surface area contributed by atoms with Crippen LogP contribution in [0.4, 0.5) is 5.69 Å². The highest BCUT2D eigenvalue weighted by Gasteiger charge is 2.29. The van der Waals surface area contributed by atoms with Gasteiger partial charge in [-0.05, 0) is 49.6 Å². The summed E-state index contributed by atoms with van der Waals surface area (Å²) in [4.78, 5) is 26.9. The molecule has 0 fully saturated rings. The standard InChI is InChI=1S/C22H28ClN3O4S/c1-16-14-19(23)10-11-20(16)26(31(4,29)30)15-21(27)25(17(2)22(28)24-3)13-12-18-8-6-5-7-9-18/h5-11,14,17H,12-13,15H2,1-4H3,(H,24,28). The molecule has 2 rings (SSSR count). The lowest BCUT2D eigenvalue weighted by atomic mass is 10.1. The van der Waals surface area contributed by atoms with Gasteiger partial charge in [-0.15, -0.1) is 0 Å². The van der Waals surface area contributed by atoms with Gasteiger partial charge in [0.2, 0.25) is 21.8 Å². The van der Waals surface area contributed by atoms with Crippen LogP contribution in [-0.2, 0) is 26.0 Å². The summed E-state index contributed by atoms with van der Waals surface area (Å²) < 4.78 is 26.1. The topological polar surface area (TPSA) is 86.8 Å². The molecule has 31 heavy (non-hydrogen) atoms. The predicted octanol–water partition coefficient (Wildman–Crippen LogP) is 2.62. The van der Waals surface area contributed by atoms with Gasteiger partial charge in [-0.3, -0.25) is 13.9 Å². The molecule has 0 bridgehead atoms. The van der Waals surface area contributed by atoms with Crippen molar-refractivity contribution < 1.29 is 18.0 Å². The molecule has 0 aliphatic heterocycles. The molecule has 1 atom stereocenters. The number of amides is 2. The Morgan fingerprint density at radius 2 is 1.77 bits per heavy atom. The van der Waals surface area contributed by atoms with Crippen LogP contribution in [-0.4, -0.2) is 57.6 Å². The van der Waals surface area contributed by atoms with E-state index in [0.717, 1.165) is 16.1 Å². The summed E-state index contributed by atoms with van der Waals surface area (Å²) in [5, 5.41) is 3.02. The molecule has 7 nitrogen and oxygen atoms in total. The third-order valence-electron chi connectivity index (χ3n) is 5.00. The fourth-order valence-electron chi connectivity index (χ4n) is 3.27. The molecular weight excluding hydrogens is 438 g/mol. The third kappa shape index (κ3) is 6.70. The van der Waals surface area contributed by atoms with E-state index in [1.54, 1.807) is 32.0 Å². The molecule has 0 aliphatic carbocycles. The molecule has 0 radical (unpaired) electrons. The molecule has 0 saturated carbocycles. The Morgan fingerprint density at radius 3 is 2.32 bits per heavy atom. The number of nitrogens with one attached hydrogen (secondary N) is 1. The summed E-state index contributed by atoms with van der Waals surface area (Å²) in [7, 11) is -2.26. The highest BCUT2D eigenvalue weighted by molar-refractivity contribution is 7.92. The average molecular weight is 466 g/mol. The molecule has 0 saturated heterocycles. The second-order valence-corrected chi connectivity index (χ2v) is 9.66. The van der Waals surface area contributed by atoms with Crippen LogP contribution < -0.4 is 9.62 Å². The molecule has 2 aromatic carbocycles. The van der Waals surface area contributed by atoms with E-state index in [-0.39, 0.29) is 12.5 Å². The third-order valence-corrected chi connectivity index (χ3v) is 6.37. The van der Waals surface area contributed by atoms with Gasteiger partial charge in [-0.1, -0.05) is 41.9 Å². The van der Waals surface area contributed by atoms with Crippen molar-refractivity contribution in [2.24, 2.45) is 0 Å². The zero-order valence-corrected chi connectivity index (χ0v) is 19.7. The van der Waals surface area contributed by atoms with Gasteiger partial charge < -0.3 is 10.2 Å². The van der Waals surface area contributed by atoms with Gasteiger partial charge in [0.1, 0.15) is 12.6 Å². The number of hydrogen-bond acceptors (Lipinski definition) is 4. The maximum absolute atomic E-state index is 13.2. The van der Waals surface area contributed by atoms with Crippen LogP contribution >= 0.6 is 11.6 Å². The van der Waals surface area contributed by atoms with E-state index in [4.69, 9.17) is 11.6 Å². The summed E-state index contributed by atoms with van der Waals surface area (Å²) in [6.07, 6.45) is 1.58. The van der Waals surface area contributed by atoms with Crippen molar-refractivity contribution in [1.29, 1.82) is 0 Å².